The molecule has 0 saturated carbocycles. The summed E-state index contributed by atoms with van der Waals surface area (Å²) in [5, 5.41) is 8.90. The summed E-state index contributed by atoms with van der Waals surface area (Å²) in [5.41, 5.74) is 0. The van der Waals surface area contributed by atoms with Gasteiger partial charge < -0.3 is 33.7 Å². The zero-order valence-electron chi connectivity index (χ0n) is 36.1. The molecule has 0 aliphatic carbocycles. The van der Waals surface area contributed by atoms with E-state index in [2.05, 4.69) is 27.7 Å². The van der Waals surface area contributed by atoms with E-state index >= 15 is 0 Å². The van der Waals surface area contributed by atoms with Crippen molar-refractivity contribution in [3.8, 4) is 0 Å². The van der Waals surface area contributed by atoms with Gasteiger partial charge >= 0.3 is 5.97 Å². The fraction of sp³-hybridized carbons (Fsp3) is 0.956. The van der Waals surface area contributed by atoms with Crippen LogP contribution in [0.25, 0.3) is 0 Å². The number of aliphatic hydroxyl groups excluding tert-OH is 1. The number of esters is 1. The molecule has 0 radical (unpaired) electrons. The molecule has 322 valence electrons. The Morgan fingerprint density at radius 2 is 0.963 bits per heavy atom. The van der Waals surface area contributed by atoms with Gasteiger partial charge in [0.2, 0.25) is 0 Å². The minimum Gasteiger partial charge on any atom is -0.465 e. The summed E-state index contributed by atoms with van der Waals surface area (Å²) in [5.74, 6) is 0.0505. The molecule has 2 unspecified atom stereocenters. The van der Waals surface area contributed by atoms with Crippen LogP contribution in [0.1, 0.15) is 195 Å². The number of amides is 1. The molecule has 1 N–H and O–H groups in total. The second-order valence-electron chi connectivity index (χ2n) is 15.2. The molecule has 9 heteroatoms. The molecule has 0 spiro atoms. The van der Waals surface area contributed by atoms with Gasteiger partial charge in [0.1, 0.15) is 0 Å². The van der Waals surface area contributed by atoms with Gasteiger partial charge in [-0.1, -0.05) is 150 Å². The SMILES string of the molecule is CCCCCCCCCN(CCOCCOCCO)C(=O)C(COCCCCCCOC(=O)C(CCCCCC)CCCCCCCC)OCCCCC. The summed E-state index contributed by atoms with van der Waals surface area (Å²) in [7, 11) is 0. The minimum absolute atomic E-state index is 0.00128. The smallest absolute Gasteiger partial charge is 0.308 e. The monoisotopic (exact) mass is 772 g/mol. The van der Waals surface area contributed by atoms with E-state index in [0.717, 1.165) is 83.5 Å². The average molecular weight is 772 g/mol. The molecule has 54 heavy (non-hydrogen) atoms. The summed E-state index contributed by atoms with van der Waals surface area (Å²) in [6.45, 7) is 13.5. The van der Waals surface area contributed by atoms with Crippen LogP contribution in [0.15, 0.2) is 0 Å². The van der Waals surface area contributed by atoms with Gasteiger partial charge in [-0.15, -0.1) is 0 Å². The fourth-order valence-electron chi connectivity index (χ4n) is 6.63. The Kier molecular flexibility index (Phi) is 41.9. The third-order valence-corrected chi connectivity index (χ3v) is 10.1. The molecule has 1 amide bonds. The highest BCUT2D eigenvalue weighted by atomic mass is 16.5. The predicted molar refractivity (Wildman–Crippen MR) is 223 cm³/mol. The molecule has 0 saturated heterocycles. The number of aliphatic hydroxyl groups is 1. The van der Waals surface area contributed by atoms with Crippen LogP contribution in [0.4, 0.5) is 0 Å². The van der Waals surface area contributed by atoms with Crippen LogP contribution in [0.2, 0.25) is 0 Å². The first-order chi connectivity index (χ1) is 26.5. The van der Waals surface area contributed by atoms with Crippen LogP contribution in [0, 0.1) is 5.92 Å². The van der Waals surface area contributed by atoms with E-state index in [1.807, 2.05) is 4.90 Å². The molecular weight excluding hydrogens is 682 g/mol. The Bertz CT molecular complexity index is 767. The Morgan fingerprint density at radius 3 is 1.57 bits per heavy atom. The molecule has 0 aromatic carbocycles. The van der Waals surface area contributed by atoms with Gasteiger partial charge in [-0.25, -0.2) is 0 Å². The topological polar surface area (TPSA) is 104 Å². The zero-order valence-corrected chi connectivity index (χ0v) is 36.1. The summed E-state index contributed by atoms with van der Waals surface area (Å²) in [6, 6.07) is 0. The van der Waals surface area contributed by atoms with Crippen LogP contribution in [-0.4, -0.2) is 101 Å². The average Bonchev–Trinajstić information content (AvgIpc) is 3.18. The molecule has 0 bridgehead atoms. The van der Waals surface area contributed by atoms with E-state index in [0.29, 0.717) is 59.3 Å². The van der Waals surface area contributed by atoms with E-state index < -0.39 is 6.10 Å². The van der Waals surface area contributed by atoms with Crippen molar-refractivity contribution >= 4 is 11.9 Å². The molecule has 2 atom stereocenters. The van der Waals surface area contributed by atoms with Crippen molar-refractivity contribution < 1.29 is 38.4 Å². The Balaban J connectivity index is 4.77. The number of carbonyl (C=O) groups excluding carboxylic acids is 2. The van der Waals surface area contributed by atoms with Crippen molar-refractivity contribution in [3.05, 3.63) is 0 Å². The summed E-state index contributed by atoms with van der Waals surface area (Å²) >= 11 is 0. The quantitative estimate of drug-likeness (QED) is 0.0482. The lowest BCUT2D eigenvalue weighted by molar-refractivity contribution is -0.150. The van der Waals surface area contributed by atoms with Crippen LogP contribution < -0.4 is 0 Å². The number of hydrogen-bond donors (Lipinski definition) is 1. The normalized spacial score (nSPS) is 12.6. The molecule has 0 aromatic rings. The van der Waals surface area contributed by atoms with Crippen LogP contribution >= 0.6 is 0 Å². The first-order valence-electron chi connectivity index (χ1n) is 23.0. The van der Waals surface area contributed by atoms with Crippen molar-refractivity contribution in [2.75, 3.05) is 72.6 Å². The van der Waals surface area contributed by atoms with Crippen molar-refractivity contribution in [1.82, 2.24) is 4.90 Å². The molecule has 0 heterocycles. The standard InChI is InChI=1S/C45H89NO8/c1-5-9-13-16-18-20-25-31-46(32-37-50-39-40-51-38-33-47)44(48)43(53-35-26-12-8-4)41-52-34-27-21-22-28-36-54-45(49)42(29-23-15-11-7-3)30-24-19-17-14-10-6-2/h42-43,47H,5-41H2,1-4H3. The van der Waals surface area contributed by atoms with E-state index in [1.165, 1.54) is 83.5 Å². The summed E-state index contributed by atoms with van der Waals surface area (Å²) in [4.78, 5) is 28.7. The minimum atomic E-state index is -0.620. The largest absolute Gasteiger partial charge is 0.465 e. The highest BCUT2D eigenvalue weighted by Gasteiger charge is 2.25. The lowest BCUT2D eigenvalue weighted by Gasteiger charge is -2.28. The second-order valence-corrected chi connectivity index (χ2v) is 15.2. The number of unbranched alkanes of at least 4 members (excludes halogenated alkanes) is 19. The van der Waals surface area contributed by atoms with Gasteiger partial charge in [0.15, 0.2) is 6.10 Å². The number of ether oxygens (including phenoxy) is 5. The fourth-order valence-corrected chi connectivity index (χ4v) is 6.63. The summed E-state index contributed by atoms with van der Waals surface area (Å²) < 4.78 is 29.1. The molecular formula is C45H89NO8. The lowest BCUT2D eigenvalue weighted by Crippen LogP contribution is -2.45. The van der Waals surface area contributed by atoms with Gasteiger partial charge in [-0.05, 0) is 44.9 Å². The van der Waals surface area contributed by atoms with Gasteiger partial charge in [0, 0.05) is 26.3 Å². The Hall–Kier alpha value is -1.26. The lowest BCUT2D eigenvalue weighted by atomic mass is 9.94. The molecule has 9 nitrogen and oxygen atoms in total. The third kappa shape index (κ3) is 34.0. The molecule has 0 fully saturated rings. The van der Waals surface area contributed by atoms with Gasteiger partial charge in [0.25, 0.3) is 5.91 Å². The van der Waals surface area contributed by atoms with Crippen molar-refractivity contribution in [1.29, 1.82) is 0 Å². The van der Waals surface area contributed by atoms with E-state index in [4.69, 9.17) is 28.8 Å². The maximum absolute atomic E-state index is 13.8. The van der Waals surface area contributed by atoms with E-state index in [9.17, 15) is 9.59 Å². The molecule has 0 aliphatic rings. The molecule has 0 rings (SSSR count). The van der Waals surface area contributed by atoms with E-state index in [-0.39, 0.29) is 31.0 Å². The molecule has 0 aromatic heterocycles. The van der Waals surface area contributed by atoms with Crippen LogP contribution in [0.3, 0.4) is 0 Å². The Morgan fingerprint density at radius 1 is 0.481 bits per heavy atom. The first kappa shape index (κ1) is 52.7. The van der Waals surface area contributed by atoms with Crippen molar-refractivity contribution in [2.45, 2.75) is 201 Å². The van der Waals surface area contributed by atoms with Crippen molar-refractivity contribution in [3.63, 3.8) is 0 Å². The van der Waals surface area contributed by atoms with Gasteiger partial charge in [0.05, 0.1) is 52.2 Å². The van der Waals surface area contributed by atoms with E-state index in [1.54, 1.807) is 0 Å². The Labute approximate surface area is 333 Å². The van der Waals surface area contributed by atoms with Crippen molar-refractivity contribution in [2.24, 2.45) is 5.92 Å². The maximum Gasteiger partial charge on any atom is 0.308 e. The number of hydrogen-bond acceptors (Lipinski definition) is 8. The summed E-state index contributed by atoms with van der Waals surface area (Å²) in [6.07, 6.45) is 28.8. The third-order valence-electron chi connectivity index (χ3n) is 10.1. The first-order valence-corrected chi connectivity index (χ1v) is 23.0. The van der Waals surface area contributed by atoms with Crippen LogP contribution in [-0.2, 0) is 33.3 Å². The molecule has 0 aliphatic heterocycles. The maximum atomic E-state index is 13.8. The van der Waals surface area contributed by atoms with Gasteiger partial charge in [-0.2, -0.15) is 0 Å². The van der Waals surface area contributed by atoms with Crippen LogP contribution in [0.5, 0.6) is 0 Å². The highest BCUT2D eigenvalue weighted by molar-refractivity contribution is 5.81. The van der Waals surface area contributed by atoms with Gasteiger partial charge in [-0.3, -0.25) is 9.59 Å². The zero-order chi connectivity index (χ0) is 39.6. The second kappa shape index (κ2) is 42.9. The predicted octanol–water partition coefficient (Wildman–Crippen LogP) is 10.6. The number of nitrogens with zero attached hydrogens (tertiary/aromatic N) is 1. The number of carbonyl (C=O) groups is 2. The number of rotatable bonds is 44. The highest BCUT2D eigenvalue weighted by Crippen LogP contribution is 2.21.